The van der Waals surface area contributed by atoms with Crippen molar-refractivity contribution in [3.8, 4) is 0 Å². The molecule has 0 spiro atoms. The van der Waals surface area contributed by atoms with Gasteiger partial charge in [-0.1, -0.05) is 12.8 Å². The van der Waals surface area contributed by atoms with Gasteiger partial charge in [0.05, 0.1) is 31.9 Å². The van der Waals surface area contributed by atoms with Gasteiger partial charge < -0.3 is 46.7 Å². The summed E-state index contributed by atoms with van der Waals surface area (Å²) in [5.41, 5.74) is 0. The quantitative estimate of drug-likeness (QED) is 0.0660. The summed E-state index contributed by atoms with van der Waals surface area (Å²) in [5.74, 6) is -0.417. The molecule has 230 valence electrons. The largest absolute Gasteiger partial charge is 0.382 e. The second kappa shape index (κ2) is 26.4. The van der Waals surface area contributed by atoms with Crippen LogP contribution in [0.5, 0.6) is 0 Å². The third kappa shape index (κ3) is 19.8. The van der Waals surface area contributed by atoms with E-state index in [-0.39, 0.29) is 29.8 Å². The predicted molar refractivity (Wildman–Crippen MR) is 156 cm³/mol. The Hall–Kier alpha value is -1.83. The number of amides is 3. The molecule has 39 heavy (non-hydrogen) atoms. The van der Waals surface area contributed by atoms with Crippen molar-refractivity contribution in [2.75, 3.05) is 81.3 Å². The second-order valence-electron chi connectivity index (χ2n) is 9.63. The van der Waals surface area contributed by atoms with Gasteiger partial charge in [0.1, 0.15) is 6.04 Å². The van der Waals surface area contributed by atoms with Crippen LogP contribution in [0.3, 0.4) is 0 Å². The molecule has 0 aromatic heterocycles. The first-order valence-electron chi connectivity index (χ1n) is 14.5. The summed E-state index contributed by atoms with van der Waals surface area (Å²) in [4.78, 5) is 38.3. The van der Waals surface area contributed by atoms with Crippen LogP contribution in [0.2, 0.25) is 0 Å². The van der Waals surface area contributed by atoms with E-state index < -0.39 is 6.04 Å². The van der Waals surface area contributed by atoms with E-state index in [2.05, 4.69) is 37.2 Å². The van der Waals surface area contributed by atoms with Crippen molar-refractivity contribution < 1.29 is 23.9 Å². The maximum atomic E-state index is 12.9. The van der Waals surface area contributed by atoms with Crippen LogP contribution in [-0.4, -0.2) is 117 Å². The van der Waals surface area contributed by atoms with E-state index in [9.17, 15) is 14.4 Å². The number of methoxy groups -OCH3 is 1. The SMILES string of the molecule is CNCCCCC(NC)C(=O)NCCCCC(NC(=O)C(CCCCNC)NC)C(=O)NCCOCCOC. The normalized spacial score (nSPS) is 13.5. The Balaban J connectivity index is 4.74. The average molecular weight is 560 g/mol. The van der Waals surface area contributed by atoms with Gasteiger partial charge in [-0.15, -0.1) is 0 Å². The number of carbonyl (C=O) groups is 3. The maximum absolute atomic E-state index is 12.9. The number of hydrogen-bond acceptors (Lipinski definition) is 9. The molecule has 0 radical (unpaired) electrons. The fourth-order valence-electron chi connectivity index (χ4n) is 4.08. The molecular weight excluding hydrogens is 502 g/mol. The van der Waals surface area contributed by atoms with Crippen molar-refractivity contribution in [1.29, 1.82) is 0 Å². The summed E-state index contributed by atoms with van der Waals surface area (Å²) in [5, 5.41) is 21.2. The molecule has 0 saturated carbocycles. The third-order valence-corrected chi connectivity index (χ3v) is 6.50. The smallest absolute Gasteiger partial charge is 0.242 e. The minimum atomic E-state index is -0.655. The highest BCUT2D eigenvalue weighted by Crippen LogP contribution is 2.06. The van der Waals surface area contributed by atoms with Crippen molar-refractivity contribution in [1.82, 2.24) is 37.2 Å². The van der Waals surface area contributed by atoms with Crippen molar-refractivity contribution in [3.05, 3.63) is 0 Å². The highest BCUT2D eigenvalue weighted by atomic mass is 16.5. The summed E-state index contributed by atoms with van der Waals surface area (Å²) in [6, 6.07) is -1.23. The lowest BCUT2D eigenvalue weighted by Crippen LogP contribution is -2.52. The zero-order valence-electron chi connectivity index (χ0n) is 25.1. The number of ether oxygens (including phenoxy) is 2. The van der Waals surface area contributed by atoms with Crippen LogP contribution < -0.4 is 37.2 Å². The Morgan fingerprint density at radius 2 is 1.05 bits per heavy atom. The number of nitrogens with one attached hydrogen (secondary N) is 7. The van der Waals surface area contributed by atoms with Crippen molar-refractivity contribution in [3.63, 3.8) is 0 Å². The molecule has 0 heterocycles. The van der Waals surface area contributed by atoms with E-state index in [0.717, 1.165) is 45.2 Å². The first kappa shape index (κ1) is 37.2. The molecule has 0 saturated heterocycles. The van der Waals surface area contributed by atoms with Crippen LogP contribution >= 0.6 is 0 Å². The highest BCUT2D eigenvalue weighted by Gasteiger charge is 2.24. The van der Waals surface area contributed by atoms with E-state index in [1.54, 1.807) is 21.2 Å². The first-order chi connectivity index (χ1) is 18.9. The minimum absolute atomic E-state index is 0.00633. The van der Waals surface area contributed by atoms with E-state index in [1.165, 1.54) is 0 Å². The molecule has 12 nitrogen and oxygen atoms in total. The van der Waals surface area contributed by atoms with Crippen molar-refractivity contribution in [2.24, 2.45) is 0 Å². The van der Waals surface area contributed by atoms with Crippen LogP contribution in [0.25, 0.3) is 0 Å². The van der Waals surface area contributed by atoms with E-state index >= 15 is 0 Å². The lowest BCUT2D eigenvalue weighted by Gasteiger charge is -2.22. The fraction of sp³-hybridized carbons (Fsp3) is 0.889. The van der Waals surface area contributed by atoms with Crippen molar-refractivity contribution in [2.45, 2.75) is 75.9 Å². The molecule has 0 aromatic carbocycles. The molecule has 3 unspecified atom stereocenters. The molecule has 0 aliphatic carbocycles. The Kier molecular flexibility index (Phi) is 25.2. The number of rotatable bonds is 27. The van der Waals surface area contributed by atoms with Gasteiger partial charge in [0, 0.05) is 20.2 Å². The number of hydrogen-bond donors (Lipinski definition) is 7. The standard InChI is InChI=1S/C27H57N7O5/c1-28-15-9-6-12-22(30-3)25(35)32-17-11-8-14-24(26(36)33-18-19-39-21-20-38-5)34-27(37)23(31-4)13-7-10-16-29-2/h22-24,28-31H,6-21H2,1-5H3,(H,32,35)(H,33,36)(H,34,37). The molecule has 0 aliphatic heterocycles. The summed E-state index contributed by atoms with van der Waals surface area (Å²) in [7, 11) is 9.00. The van der Waals surface area contributed by atoms with E-state index in [1.807, 2.05) is 14.1 Å². The minimum Gasteiger partial charge on any atom is -0.382 e. The lowest BCUT2D eigenvalue weighted by molar-refractivity contribution is -0.130. The van der Waals surface area contributed by atoms with Gasteiger partial charge in [0.2, 0.25) is 17.7 Å². The van der Waals surface area contributed by atoms with Gasteiger partial charge in [0.15, 0.2) is 0 Å². The van der Waals surface area contributed by atoms with Crippen molar-refractivity contribution >= 4 is 17.7 Å². The number of likely N-dealkylation sites (N-methyl/N-ethyl adjacent to an activating group) is 2. The molecule has 0 rings (SSSR count). The maximum Gasteiger partial charge on any atom is 0.242 e. The fourth-order valence-corrected chi connectivity index (χ4v) is 4.08. The monoisotopic (exact) mass is 559 g/mol. The molecule has 7 N–H and O–H groups in total. The van der Waals surface area contributed by atoms with Crippen LogP contribution in [0.1, 0.15) is 57.8 Å². The van der Waals surface area contributed by atoms with Gasteiger partial charge in [0.25, 0.3) is 0 Å². The predicted octanol–water partition coefficient (Wildman–Crippen LogP) is -0.508. The zero-order valence-corrected chi connectivity index (χ0v) is 25.1. The van der Waals surface area contributed by atoms with Crippen LogP contribution in [-0.2, 0) is 23.9 Å². The Labute approximate surface area is 236 Å². The number of carbonyl (C=O) groups excluding carboxylic acids is 3. The molecule has 0 fully saturated rings. The Morgan fingerprint density at radius 1 is 0.564 bits per heavy atom. The van der Waals surface area contributed by atoms with E-state index in [4.69, 9.17) is 9.47 Å². The van der Waals surface area contributed by atoms with Gasteiger partial charge in [-0.3, -0.25) is 14.4 Å². The Morgan fingerprint density at radius 3 is 1.59 bits per heavy atom. The topological polar surface area (TPSA) is 154 Å². The van der Waals surface area contributed by atoms with Gasteiger partial charge in [-0.2, -0.15) is 0 Å². The van der Waals surface area contributed by atoms with Gasteiger partial charge in [-0.25, -0.2) is 0 Å². The first-order valence-corrected chi connectivity index (χ1v) is 14.5. The van der Waals surface area contributed by atoms with Crippen LogP contribution in [0.15, 0.2) is 0 Å². The molecule has 0 bridgehead atoms. The summed E-state index contributed by atoms with van der Waals surface area (Å²) >= 11 is 0. The molecule has 3 atom stereocenters. The summed E-state index contributed by atoms with van der Waals surface area (Å²) < 4.78 is 10.4. The molecule has 0 aromatic rings. The lowest BCUT2D eigenvalue weighted by atomic mass is 10.1. The second-order valence-corrected chi connectivity index (χ2v) is 9.63. The zero-order chi connectivity index (χ0) is 29.1. The average Bonchev–Trinajstić information content (AvgIpc) is 2.93. The van der Waals surface area contributed by atoms with Crippen LogP contribution in [0.4, 0.5) is 0 Å². The molecule has 12 heteroatoms. The highest BCUT2D eigenvalue weighted by molar-refractivity contribution is 5.89. The Bertz CT molecular complexity index is 627. The number of unbranched alkanes of at least 4 members (excludes halogenated alkanes) is 3. The summed E-state index contributed by atoms with van der Waals surface area (Å²) in [6.45, 7) is 4.04. The third-order valence-electron chi connectivity index (χ3n) is 6.50. The van der Waals surface area contributed by atoms with Gasteiger partial charge >= 0.3 is 0 Å². The molecular formula is C27H57N7O5. The van der Waals surface area contributed by atoms with Gasteiger partial charge in [-0.05, 0) is 86.2 Å². The molecule has 3 amide bonds. The molecule has 0 aliphatic rings. The summed E-state index contributed by atoms with van der Waals surface area (Å²) in [6.07, 6.45) is 7.23. The van der Waals surface area contributed by atoms with E-state index in [0.29, 0.717) is 58.6 Å². The van der Waals surface area contributed by atoms with Crippen LogP contribution in [0, 0.1) is 0 Å².